The molecular formula is C16H12BrNO2. The second-order valence-electron chi connectivity index (χ2n) is 4.62. The van der Waals surface area contributed by atoms with Gasteiger partial charge in [0.05, 0.1) is 11.1 Å². The number of rotatable bonds is 3. The first-order valence-corrected chi connectivity index (χ1v) is 7.00. The number of carbonyl (C=O) groups is 1. The molecule has 2 aromatic carbocycles. The molecule has 0 radical (unpaired) electrons. The van der Waals surface area contributed by atoms with Gasteiger partial charge in [-0.2, -0.15) is 0 Å². The summed E-state index contributed by atoms with van der Waals surface area (Å²) in [5.74, 6) is -0.897. The highest BCUT2D eigenvalue weighted by Gasteiger charge is 2.12. The van der Waals surface area contributed by atoms with Gasteiger partial charge in [-0.1, -0.05) is 40.2 Å². The van der Waals surface area contributed by atoms with E-state index in [0.717, 1.165) is 20.9 Å². The second kappa shape index (κ2) is 5.13. The lowest BCUT2D eigenvalue weighted by Crippen LogP contribution is -2.04. The van der Waals surface area contributed by atoms with Crippen LogP contribution in [0.5, 0.6) is 0 Å². The van der Waals surface area contributed by atoms with E-state index in [2.05, 4.69) is 15.9 Å². The molecule has 0 unspecified atom stereocenters. The van der Waals surface area contributed by atoms with Gasteiger partial charge >= 0.3 is 5.97 Å². The van der Waals surface area contributed by atoms with E-state index in [1.165, 1.54) is 0 Å². The smallest absolute Gasteiger partial charge is 0.337 e. The van der Waals surface area contributed by atoms with E-state index in [4.69, 9.17) is 0 Å². The van der Waals surface area contributed by atoms with E-state index in [9.17, 15) is 9.90 Å². The van der Waals surface area contributed by atoms with Crippen LogP contribution < -0.4 is 0 Å². The SMILES string of the molecule is O=C(O)c1cccc2ccn(Cc3ccc(Br)cc3)c12. The summed E-state index contributed by atoms with van der Waals surface area (Å²) in [6.07, 6.45) is 1.93. The molecule has 0 saturated heterocycles. The Kier molecular flexibility index (Phi) is 3.32. The summed E-state index contributed by atoms with van der Waals surface area (Å²) in [4.78, 5) is 11.3. The summed E-state index contributed by atoms with van der Waals surface area (Å²) in [5, 5.41) is 10.3. The number of para-hydroxylation sites is 1. The lowest BCUT2D eigenvalue weighted by molar-refractivity contribution is 0.0698. The Morgan fingerprint density at radius 2 is 1.85 bits per heavy atom. The highest BCUT2D eigenvalue weighted by atomic mass is 79.9. The molecule has 20 heavy (non-hydrogen) atoms. The third-order valence-electron chi connectivity index (χ3n) is 3.29. The lowest BCUT2D eigenvalue weighted by atomic mass is 10.1. The van der Waals surface area contributed by atoms with Gasteiger partial charge in [-0.3, -0.25) is 0 Å². The average molecular weight is 330 g/mol. The summed E-state index contributed by atoms with van der Waals surface area (Å²) in [5.41, 5.74) is 2.23. The number of carboxylic acid groups (broad SMARTS) is 1. The van der Waals surface area contributed by atoms with Crippen LogP contribution >= 0.6 is 15.9 Å². The fraction of sp³-hybridized carbons (Fsp3) is 0.0625. The van der Waals surface area contributed by atoms with Gasteiger partial charge in [0.25, 0.3) is 0 Å². The Hall–Kier alpha value is -2.07. The van der Waals surface area contributed by atoms with E-state index < -0.39 is 5.97 Å². The lowest BCUT2D eigenvalue weighted by Gasteiger charge is -2.08. The molecule has 0 fully saturated rings. The molecule has 0 saturated carbocycles. The number of hydrogen-bond acceptors (Lipinski definition) is 1. The number of benzene rings is 2. The molecule has 3 rings (SSSR count). The Morgan fingerprint density at radius 1 is 1.10 bits per heavy atom. The average Bonchev–Trinajstić information content (AvgIpc) is 2.84. The van der Waals surface area contributed by atoms with Crippen molar-refractivity contribution in [2.24, 2.45) is 0 Å². The molecule has 4 heteroatoms. The zero-order chi connectivity index (χ0) is 14.1. The minimum absolute atomic E-state index is 0.338. The van der Waals surface area contributed by atoms with Gasteiger partial charge in [-0.15, -0.1) is 0 Å². The summed E-state index contributed by atoms with van der Waals surface area (Å²) in [7, 11) is 0. The van der Waals surface area contributed by atoms with Gasteiger partial charge in [0.15, 0.2) is 0 Å². The van der Waals surface area contributed by atoms with Gasteiger partial charge in [0, 0.05) is 22.6 Å². The van der Waals surface area contributed by atoms with Crippen molar-refractivity contribution in [3.05, 3.63) is 70.3 Å². The first-order valence-electron chi connectivity index (χ1n) is 6.21. The van der Waals surface area contributed by atoms with Crippen molar-refractivity contribution in [1.82, 2.24) is 4.57 Å². The van der Waals surface area contributed by atoms with Crippen LogP contribution in [-0.2, 0) is 6.54 Å². The van der Waals surface area contributed by atoms with Crippen molar-refractivity contribution in [1.29, 1.82) is 0 Å². The summed E-state index contributed by atoms with van der Waals surface area (Å²) >= 11 is 3.41. The third-order valence-corrected chi connectivity index (χ3v) is 3.81. The molecule has 100 valence electrons. The van der Waals surface area contributed by atoms with E-state index in [-0.39, 0.29) is 0 Å². The van der Waals surface area contributed by atoms with Crippen LogP contribution in [0.1, 0.15) is 15.9 Å². The molecule has 0 spiro atoms. The maximum absolute atomic E-state index is 11.3. The number of fused-ring (bicyclic) bond motifs is 1. The molecule has 3 nitrogen and oxygen atoms in total. The maximum atomic E-state index is 11.3. The van der Waals surface area contributed by atoms with Gasteiger partial charge in [0.2, 0.25) is 0 Å². The molecule has 0 aliphatic rings. The van der Waals surface area contributed by atoms with Crippen LogP contribution in [0.4, 0.5) is 0 Å². The normalized spacial score (nSPS) is 10.8. The van der Waals surface area contributed by atoms with Crippen LogP contribution in [0.15, 0.2) is 59.2 Å². The number of aromatic carboxylic acids is 1. The number of nitrogens with zero attached hydrogens (tertiary/aromatic N) is 1. The summed E-state index contributed by atoms with van der Waals surface area (Å²) in [6, 6.07) is 15.3. The van der Waals surface area contributed by atoms with Crippen LogP contribution in [0.25, 0.3) is 10.9 Å². The second-order valence-corrected chi connectivity index (χ2v) is 5.53. The number of aromatic nitrogens is 1. The Balaban J connectivity index is 2.07. The Bertz CT molecular complexity index is 775. The van der Waals surface area contributed by atoms with E-state index in [1.807, 2.05) is 47.2 Å². The maximum Gasteiger partial charge on any atom is 0.337 e. The topological polar surface area (TPSA) is 42.2 Å². The van der Waals surface area contributed by atoms with Crippen molar-refractivity contribution in [3.8, 4) is 0 Å². The molecule has 3 aromatic rings. The van der Waals surface area contributed by atoms with Crippen LogP contribution in [-0.4, -0.2) is 15.6 Å². The quantitative estimate of drug-likeness (QED) is 0.784. The van der Waals surface area contributed by atoms with Gasteiger partial charge in [0.1, 0.15) is 0 Å². The number of hydrogen-bond donors (Lipinski definition) is 1. The molecule has 0 atom stereocenters. The Labute approximate surface area is 124 Å². The monoisotopic (exact) mass is 329 g/mol. The predicted octanol–water partition coefficient (Wildman–Crippen LogP) is 4.15. The van der Waals surface area contributed by atoms with E-state index >= 15 is 0 Å². The van der Waals surface area contributed by atoms with E-state index in [0.29, 0.717) is 12.1 Å². The van der Waals surface area contributed by atoms with Crippen molar-refractivity contribution >= 4 is 32.8 Å². The molecule has 0 aliphatic heterocycles. The predicted molar refractivity (Wildman–Crippen MR) is 82.1 cm³/mol. The van der Waals surface area contributed by atoms with Crippen molar-refractivity contribution < 1.29 is 9.90 Å². The Morgan fingerprint density at radius 3 is 2.55 bits per heavy atom. The van der Waals surface area contributed by atoms with Crippen LogP contribution in [0.2, 0.25) is 0 Å². The minimum Gasteiger partial charge on any atom is -0.478 e. The van der Waals surface area contributed by atoms with Crippen molar-refractivity contribution in [2.75, 3.05) is 0 Å². The largest absolute Gasteiger partial charge is 0.478 e. The first-order chi connectivity index (χ1) is 9.65. The van der Waals surface area contributed by atoms with E-state index in [1.54, 1.807) is 12.1 Å². The standard InChI is InChI=1S/C16H12BrNO2/c17-13-6-4-11(5-7-13)10-18-9-8-12-2-1-3-14(15(12)18)16(19)20/h1-9H,10H2,(H,19,20). The third kappa shape index (κ3) is 2.34. The molecule has 0 amide bonds. The molecular weight excluding hydrogens is 318 g/mol. The number of carboxylic acids is 1. The summed E-state index contributed by atoms with van der Waals surface area (Å²) < 4.78 is 3.01. The minimum atomic E-state index is -0.897. The fourth-order valence-electron chi connectivity index (χ4n) is 2.35. The van der Waals surface area contributed by atoms with Crippen LogP contribution in [0.3, 0.4) is 0 Å². The molecule has 0 bridgehead atoms. The van der Waals surface area contributed by atoms with Gasteiger partial charge in [-0.25, -0.2) is 4.79 Å². The highest BCUT2D eigenvalue weighted by Crippen LogP contribution is 2.22. The molecule has 1 heterocycles. The highest BCUT2D eigenvalue weighted by molar-refractivity contribution is 9.10. The zero-order valence-corrected chi connectivity index (χ0v) is 12.2. The van der Waals surface area contributed by atoms with Crippen molar-refractivity contribution in [3.63, 3.8) is 0 Å². The first kappa shape index (κ1) is 12.9. The molecule has 1 N–H and O–H groups in total. The summed E-state index contributed by atoms with van der Waals surface area (Å²) in [6.45, 7) is 0.654. The van der Waals surface area contributed by atoms with Gasteiger partial charge in [-0.05, 0) is 29.8 Å². The zero-order valence-electron chi connectivity index (χ0n) is 10.6. The van der Waals surface area contributed by atoms with Crippen molar-refractivity contribution in [2.45, 2.75) is 6.54 Å². The fourth-order valence-corrected chi connectivity index (χ4v) is 2.62. The number of halogens is 1. The molecule has 1 aromatic heterocycles. The molecule has 0 aliphatic carbocycles. The van der Waals surface area contributed by atoms with Crippen LogP contribution in [0, 0.1) is 0 Å². The van der Waals surface area contributed by atoms with Gasteiger partial charge < -0.3 is 9.67 Å².